The van der Waals surface area contributed by atoms with Gasteiger partial charge in [0.1, 0.15) is 0 Å². The van der Waals surface area contributed by atoms with Gasteiger partial charge < -0.3 is 15.7 Å². The third-order valence-corrected chi connectivity index (χ3v) is 3.43. The van der Waals surface area contributed by atoms with Gasteiger partial charge in [-0.1, -0.05) is 38.1 Å². The minimum absolute atomic E-state index is 0.0934. The summed E-state index contributed by atoms with van der Waals surface area (Å²) in [6.07, 6.45) is 0.0641. The van der Waals surface area contributed by atoms with Crippen LogP contribution in [0, 0.1) is 0 Å². The van der Waals surface area contributed by atoms with E-state index in [1.165, 1.54) is 10.5 Å². The molecular weight excluding hydrogens is 268 g/mol. The number of carboxylic acid groups (broad SMARTS) is 1. The zero-order valence-electron chi connectivity index (χ0n) is 12.9. The van der Waals surface area contributed by atoms with Crippen molar-refractivity contribution >= 4 is 11.9 Å². The smallest absolute Gasteiger partial charge is 0.303 e. The quantitative estimate of drug-likeness (QED) is 0.804. The first-order valence-electron chi connectivity index (χ1n) is 7.12. The van der Waals surface area contributed by atoms with Crippen LogP contribution >= 0.6 is 0 Å². The number of benzene rings is 1. The molecular formula is C16H24N2O3. The summed E-state index contributed by atoms with van der Waals surface area (Å²) < 4.78 is 0. The summed E-state index contributed by atoms with van der Waals surface area (Å²) in [5.74, 6) is -0.697. The highest BCUT2D eigenvalue weighted by molar-refractivity contribution is 5.82. The van der Waals surface area contributed by atoms with Crippen LogP contribution in [0.1, 0.15) is 43.7 Å². The topological polar surface area (TPSA) is 83.6 Å². The van der Waals surface area contributed by atoms with Crippen LogP contribution in [-0.4, -0.2) is 35.0 Å². The zero-order valence-corrected chi connectivity index (χ0v) is 12.9. The molecule has 0 aliphatic carbocycles. The normalized spacial score (nSPS) is 12.2. The molecule has 0 spiro atoms. The number of likely N-dealkylation sites (N-methyl/N-ethyl adjacent to an activating group) is 1. The Balaban J connectivity index is 2.57. The fraction of sp³-hybridized carbons (Fsp3) is 0.500. The van der Waals surface area contributed by atoms with Crippen LogP contribution < -0.4 is 5.73 Å². The fourth-order valence-electron chi connectivity index (χ4n) is 2.05. The minimum Gasteiger partial charge on any atom is -0.481 e. The second-order valence-corrected chi connectivity index (χ2v) is 5.63. The Hall–Kier alpha value is -1.88. The highest BCUT2D eigenvalue weighted by Crippen LogP contribution is 2.15. The van der Waals surface area contributed by atoms with Crippen molar-refractivity contribution in [1.29, 1.82) is 0 Å². The van der Waals surface area contributed by atoms with Gasteiger partial charge >= 0.3 is 5.97 Å². The highest BCUT2D eigenvalue weighted by Gasteiger charge is 2.19. The molecule has 0 saturated carbocycles. The monoisotopic (exact) mass is 292 g/mol. The first-order chi connectivity index (χ1) is 9.81. The van der Waals surface area contributed by atoms with Crippen LogP contribution in [-0.2, 0) is 16.1 Å². The largest absolute Gasteiger partial charge is 0.481 e. The number of hydrogen-bond donors (Lipinski definition) is 2. The van der Waals surface area contributed by atoms with Gasteiger partial charge in [-0.3, -0.25) is 9.59 Å². The Morgan fingerprint density at radius 2 is 1.81 bits per heavy atom. The summed E-state index contributed by atoms with van der Waals surface area (Å²) in [7, 11) is 1.68. The number of carboxylic acids is 1. The van der Waals surface area contributed by atoms with E-state index in [0.29, 0.717) is 12.5 Å². The molecule has 0 saturated heterocycles. The predicted octanol–water partition coefficient (Wildman–Crippen LogP) is 1.96. The van der Waals surface area contributed by atoms with Crippen LogP contribution in [0.4, 0.5) is 0 Å². The number of hydrogen-bond acceptors (Lipinski definition) is 3. The van der Waals surface area contributed by atoms with Crippen molar-refractivity contribution < 1.29 is 14.7 Å². The molecule has 0 fully saturated rings. The molecule has 5 nitrogen and oxygen atoms in total. The van der Waals surface area contributed by atoms with Crippen molar-refractivity contribution in [3.63, 3.8) is 0 Å². The Kier molecular flexibility index (Phi) is 6.37. The van der Waals surface area contributed by atoms with E-state index in [9.17, 15) is 9.59 Å². The molecule has 5 heteroatoms. The molecule has 0 aliphatic heterocycles. The predicted molar refractivity (Wildman–Crippen MR) is 81.9 cm³/mol. The molecule has 1 aromatic rings. The Bertz CT molecular complexity index is 483. The molecule has 1 rings (SSSR count). The van der Waals surface area contributed by atoms with E-state index >= 15 is 0 Å². The second kappa shape index (κ2) is 7.78. The van der Waals surface area contributed by atoms with Gasteiger partial charge in [0.05, 0.1) is 6.04 Å². The number of nitrogens with zero attached hydrogens (tertiary/aromatic N) is 1. The molecule has 0 heterocycles. The van der Waals surface area contributed by atoms with E-state index in [4.69, 9.17) is 10.8 Å². The number of aliphatic carboxylic acids is 1. The summed E-state index contributed by atoms with van der Waals surface area (Å²) in [4.78, 5) is 24.1. The van der Waals surface area contributed by atoms with Gasteiger partial charge in [-0.2, -0.15) is 0 Å². The van der Waals surface area contributed by atoms with Crippen LogP contribution in [0.5, 0.6) is 0 Å². The lowest BCUT2D eigenvalue weighted by Gasteiger charge is -2.21. The average molecular weight is 292 g/mol. The van der Waals surface area contributed by atoms with Crippen molar-refractivity contribution in [3.05, 3.63) is 35.4 Å². The lowest BCUT2D eigenvalue weighted by Crippen LogP contribution is -2.41. The first kappa shape index (κ1) is 17.2. The van der Waals surface area contributed by atoms with Gasteiger partial charge in [0, 0.05) is 20.0 Å². The third kappa shape index (κ3) is 5.55. The van der Waals surface area contributed by atoms with Crippen molar-refractivity contribution in [2.24, 2.45) is 5.73 Å². The maximum atomic E-state index is 12.0. The minimum atomic E-state index is -0.940. The van der Waals surface area contributed by atoms with Crippen LogP contribution in [0.3, 0.4) is 0 Å². The standard InChI is InChI=1S/C16H24N2O3/c1-11(2)13-6-4-12(5-7-13)10-18(3)16(21)14(17)8-9-15(19)20/h4-7,11,14H,8-10,17H2,1-3H3,(H,19,20). The van der Waals surface area contributed by atoms with Gasteiger partial charge in [0.15, 0.2) is 0 Å². The Labute approximate surface area is 125 Å². The van der Waals surface area contributed by atoms with E-state index in [-0.39, 0.29) is 18.7 Å². The summed E-state index contributed by atoms with van der Waals surface area (Å²) in [6.45, 7) is 4.73. The zero-order chi connectivity index (χ0) is 16.0. The molecule has 21 heavy (non-hydrogen) atoms. The van der Waals surface area contributed by atoms with Gasteiger partial charge in [-0.15, -0.1) is 0 Å². The third-order valence-electron chi connectivity index (χ3n) is 3.43. The van der Waals surface area contributed by atoms with Crippen LogP contribution in [0.2, 0.25) is 0 Å². The summed E-state index contributed by atoms with van der Waals surface area (Å²) >= 11 is 0. The maximum Gasteiger partial charge on any atom is 0.303 e. The molecule has 1 amide bonds. The van der Waals surface area contributed by atoms with Crippen molar-refractivity contribution in [3.8, 4) is 0 Å². The Morgan fingerprint density at radius 3 is 2.29 bits per heavy atom. The summed E-state index contributed by atoms with van der Waals surface area (Å²) in [6, 6.07) is 7.36. The molecule has 0 bridgehead atoms. The average Bonchev–Trinajstić information content (AvgIpc) is 2.44. The Morgan fingerprint density at radius 1 is 1.24 bits per heavy atom. The molecule has 3 N–H and O–H groups in total. The van der Waals surface area contributed by atoms with E-state index in [0.717, 1.165) is 5.56 Å². The van der Waals surface area contributed by atoms with Crippen molar-refractivity contribution in [2.75, 3.05) is 7.05 Å². The van der Waals surface area contributed by atoms with E-state index in [2.05, 4.69) is 26.0 Å². The number of carbonyl (C=O) groups excluding carboxylic acids is 1. The first-order valence-corrected chi connectivity index (χ1v) is 7.12. The van der Waals surface area contributed by atoms with E-state index < -0.39 is 12.0 Å². The number of amides is 1. The molecule has 0 aromatic heterocycles. The van der Waals surface area contributed by atoms with Crippen LogP contribution in [0.25, 0.3) is 0 Å². The van der Waals surface area contributed by atoms with Gasteiger partial charge in [0.25, 0.3) is 0 Å². The maximum absolute atomic E-state index is 12.0. The molecule has 1 aromatic carbocycles. The lowest BCUT2D eigenvalue weighted by molar-refractivity contribution is -0.137. The van der Waals surface area contributed by atoms with Crippen molar-refractivity contribution in [1.82, 2.24) is 4.90 Å². The highest BCUT2D eigenvalue weighted by atomic mass is 16.4. The van der Waals surface area contributed by atoms with E-state index in [1.807, 2.05) is 12.1 Å². The number of carbonyl (C=O) groups is 2. The summed E-state index contributed by atoms with van der Waals surface area (Å²) in [5.41, 5.74) is 8.01. The van der Waals surface area contributed by atoms with Gasteiger partial charge in [-0.25, -0.2) is 0 Å². The van der Waals surface area contributed by atoms with Gasteiger partial charge in [-0.05, 0) is 23.5 Å². The lowest BCUT2D eigenvalue weighted by atomic mass is 10.0. The molecule has 116 valence electrons. The molecule has 1 atom stereocenters. The molecule has 0 aliphatic rings. The van der Waals surface area contributed by atoms with E-state index in [1.54, 1.807) is 7.05 Å². The van der Waals surface area contributed by atoms with Crippen molar-refractivity contribution in [2.45, 2.75) is 45.2 Å². The molecule has 0 radical (unpaired) electrons. The van der Waals surface area contributed by atoms with Gasteiger partial charge in [0.2, 0.25) is 5.91 Å². The molecule has 1 unspecified atom stereocenters. The van der Waals surface area contributed by atoms with Crippen LogP contribution in [0.15, 0.2) is 24.3 Å². The second-order valence-electron chi connectivity index (χ2n) is 5.63. The SMILES string of the molecule is CC(C)c1ccc(CN(C)C(=O)C(N)CCC(=O)O)cc1. The summed E-state index contributed by atoms with van der Waals surface area (Å²) in [5, 5.41) is 8.61. The fourth-order valence-corrected chi connectivity index (χ4v) is 2.05. The number of rotatable bonds is 7. The number of nitrogens with two attached hydrogens (primary N) is 1.